The first kappa shape index (κ1) is 16.7. The number of hydrogen-bond donors (Lipinski definition) is 2. The molecule has 0 radical (unpaired) electrons. The topological polar surface area (TPSA) is 67.2 Å². The second-order valence-corrected chi connectivity index (χ2v) is 5.51. The molecular formula is C15H27N3O2. The molecule has 2 N–H and O–H groups in total. The molecule has 0 fully saturated rings. The molecule has 0 spiro atoms. The third-order valence-electron chi connectivity index (χ3n) is 3.79. The van der Waals surface area contributed by atoms with Gasteiger partial charge in [-0.2, -0.15) is 0 Å². The Bertz CT molecular complexity index is 429. The number of nitrogens with one attached hydrogen (secondary N) is 1. The van der Waals surface area contributed by atoms with E-state index in [0.717, 1.165) is 18.8 Å². The Morgan fingerprint density at radius 2 is 2.20 bits per heavy atom. The van der Waals surface area contributed by atoms with Gasteiger partial charge in [0.05, 0.1) is 0 Å². The van der Waals surface area contributed by atoms with Gasteiger partial charge in [-0.05, 0) is 25.8 Å². The fraction of sp³-hybridized carbons (Fsp3) is 0.733. The minimum Gasteiger partial charge on any atom is -0.480 e. The summed E-state index contributed by atoms with van der Waals surface area (Å²) in [5, 5.41) is 12.6. The van der Waals surface area contributed by atoms with Crippen LogP contribution in [-0.2, 0) is 11.3 Å². The highest BCUT2D eigenvalue weighted by atomic mass is 16.4. The summed E-state index contributed by atoms with van der Waals surface area (Å²) >= 11 is 0. The van der Waals surface area contributed by atoms with Crippen molar-refractivity contribution in [3.05, 3.63) is 18.2 Å². The standard InChI is InChI=1S/C15H27N3O2/c1-5-15(14(19)20,17-6-2)8-7-10-18-11-9-16-13(18)12(3)4/h9,11-12,17H,5-8,10H2,1-4H3,(H,19,20). The van der Waals surface area contributed by atoms with Crippen molar-refractivity contribution < 1.29 is 9.90 Å². The maximum Gasteiger partial charge on any atom is 0.323 e. The van der Waals surface area contributed by atoms with Gasteiger partial charge in [0.15, 0.2) is 0 Å². The number of nitrogens with zero attached hydrogens (tertiary/aromatic N) is 2. The molecule has 1 heterocycles. The number of carbonyl (C=O) groups is 1. The van der Waals surface area contributed by atoms with E-state index in [-0.39, 0.29) is 0 Å². The van der Waals surface area contributed by atoms with Gasteiger partial charge in [0, 0.05) is 24.9 Å². The lowest BCUT2D eigenvalue weighted by Gasteiger charge is -2.29. The molecule has 0 saturated heterocycles. The first-order valence-corrected chi connectivity index (χ1v) is 7.46. The first-order chi connectivity index (χ1) is 9.46. The van der Waals surface area contributed by atoms with E-state index in [1.165, 1.54) is 0 Å². The van der Waals surface area contributed by atoms with Gasteiger partial charge < -0.3 is 15.0 Å². The average Bonchev–Trinajstić information content (AvgIpc) is 2.86. The Morgan fingerprint density at radius 1 is 1.50 bits per heavy atom. The minimum atomic E-state index is -0.798. The summed E-state index contributed by atoms with van der Waals surface area (Å²) < 4.78 is 2.12. The average molecular weight is 281 g/mol. The number of aryl methyl sites for hydroxylation is 1. The number of aromatic nitrogens is 2. The van der Waals surface area contributed by atoms with Crippen LogP contribution < -0.4 is 5.32 Å². The van der Waals surface area contributed by atoms with Crippen LogP contribution in [0.3, 0.4) is 0 Å². The summed E-state index contributed by atoms with van der Waals surface area (Å²) in [4.78, 5) is 15.9. The molecular weight excluding hydrogens is 254 g/mol. The zero-order valence-corrected chi connectivity index (χ0v) is 13.0. The van der Waals surface area contributed by atoms with Gasteiger partial charge in [0.2, 0.25) is 0 Å². The molecule has 1 unspecified atom stereocenters. The minimum absolute atomic E-state index is 0.383. The van der Waals surface area contributed by atoms with Crippen LogP contribution in [0.15, 0.2) is 12.4 Å². The van der Waals surface area contributed by atoms with Gasteiger partial charge in [-0.3, -0.25) is 4.79 Å². The number of rotatable bonds is 9. The number of likely N-dealkylation sites (N-methyl/N-ethyl adjacent to an activating group) is 1. The summed E-state index contributed by atoms with van der Waals surface area (Å²) in [6, 6.07) is 0. The smallest absolute Gasteiger partial charge is 0.323 e. The highest BCUT2D eigenvalue weighted by Gasteiger charge is 2.34. The van der Waals surface area contributed by atoms with Crippen molar-refractivity contribution in [2.24, 2.45) is 0 Å². The van der Waals surface area contributed by atoms with E-state index in [1.807, 2.05) is 26.2 Å². The number of aliphatic carboxylic acids is 1. The maximum absolute atomic E-state index is 11.5. The van der Waals surface area contributed by atoms with Gasteiger partial charge in [-0.1, -0.05) is 27.7 Å². The number of hydrogen-bond acceptors (Lipinski definition) is 3. The van der Waals surface area contributed by atoms with Crippen LogP contribution in [0.4, 0.5) is 0 Å². The molecule has 0 aliphatic rings. The van der Waals surface area contributed by atoms with Gasteiger partial charge in [0.25, 0.3) is 0 Å². The van der Waals surface area contributed by atoms with Crippen LogP contribution in [0.1, 0.15) is 58.7 Å². The Kier molecular flexibility index (Phi) is 6.20. The van der Waals surface area contributed by atoms with Crippen molar-refractivity contribution in [2.75, 3.05) is 6.54 Å². The lowest BCUT2D eigenvalue weighted by molar-refractivity contribution is -0.145. The van der Waals surface area contributed by atoms with Crippen molar-refractivity contribution in [3.8, 4) is 0 Å². The molecule has 5 nitrogen and oxygen atoms in total. The highest BCUT2D eigenvalue weighted by molar-refractivity contribution is 5.78. The predicted molar refractivity (Wildman–Crippen MR) is 79.9 cm³/mol. The Morgan fingerprint density at radius 3 is 2.70 bits per heavy atom. The third-order valence-corrected chi connectivity index (χ3v) is 3.79. The summed E-state index contributed by atoms with van der Waals surface area (Å²) in [6.07, 6.45) is 5.82. The number of imidazole rings is 1. The quantitative estimate of drug-likeness (QED) is 0.730. The zero-order valence-electron chi connectivity index (χ0n) is 13.0. The summed E-state index contributed by atoms with van der Waals surface area (Å²) in [5.74, 6) is 0.691. The molecule has 5 heteroatoms. The van der Waals surface area contributed by atoms with E-state index in [2.05, 4.69) is 28.7 Å². The monoisotopic (exact) mass is 281 g/mol. The van der Waals surface area contributed by atoms with Crippen molar-refractivity contribution in [1.82, 2.24) is 14.9 Å². The zero-order chi connectivity index (χ0) is 15.2. The van der Waals surface area contributed by atoms with Crippen LogP contribution >= 0.6 is 0 Å². The van der Waals surface area contributed by atoms with Gasteiger partial charge in [-0.25, -0.2) is 4.98 Å². The molecule has 0 aromatic carbocycles. The second-order valence-electron chi connectivity index (χ2n) is 5.51. The van der Waals surface area contributed by atoms with Gasteiger partial charge in [0.1, 0.15) is 11.4 Å². The highest BCUT2D eigenvalue weighted by Crippen LogP contribution is 2.20. The number of carboxylic acid groups (broad SMARTS) is 1. The van der Waals surface area contributed by atoms with Gasteiger partial charge in [-0.15, -0.1) is 0 Å². The fourth-order valence-corrected chi connectivity index (χ4v) is 2.62. The van der Waals surface area contributed by atoms with Crippen molar-refractivity contribution in [3.63, 3.8) is 0 Å². The Hall–Kier alpha value is -1.36. The summed E-state index contributed by atoms with van der Waals surface area (Å²) in [6.45, 7) is 9.58. The lowest BCUT2D eigenvalue weighted by Crippen LogP contribution is -2.51. The molecule has 1 aromatic rings. The van der Waals surface area contributed by atoms with E-state index in [9.17, 15) is 9.90 Å². The van der Waals surface area contributed by atoms with Crippen LogP contribution in [-0.4, -0.2) is 32.7 Å². The SMILES string of the molecule is CCNC(CC)(CCCn1ccnc1C(C)C)C(=O)O. The molecule has 1 atom stereocenters. The molecule has 0 amide bonds. The van der Waals surface area contributed by atoms with E-state index >= 15 is 0 Å². The molecule has 0 bridgehead atoms. The molecule has 20 heavy (non-hydrogen) atoms. The summed E-state index contributed by atoms with van der Waals surface area (Å²) in [5.41, 5.74) is -0.798. The fourth-order valence-electron chi connectivity index (χ4n) is 2.62. The lowest BCUT2D eigenvalue weighted by atomic mass is 9.90. The van der Waals surface area contributed by atoms with E-state index in [4.69, 9.17) is 0 Å². The van der Waals surface area contributed by atoms with E-state index < -0.39 is 11.5 Å². The molecule has 1 aromatic heterocycles. The Balaban J connectivity index is 2.65. The molecule has 114 valence electrons. The number of carboxylic acids is 1. The van der Waals surface area contributed by atoms with E-state index in [1.54, 1.807) is 0 Å². The first-order valence-electron chi connectivity index (χ1n) is 7.46. The van der Waals surface area contributed by atoms with E-state index in [0.29, 0.717) is 25.3 Å². The van der Waals surface area contributed by atoms with Crippen LogP contribution in [0.5, 0.6) is 0 Å². The predicted octanol–water partition coefficient (Wildman–Crippen LogP) is 2.63. The second kappa shape index (κ2) is 7.43. The third kappa shape index (κ3) is 3.82. The maximum atomic E-state index is 11.5. The molecule has 1 rings (SSSR count). The molecule has 0 aliphatic carbocycles. The summed E-state index contributed by atoms with van der Waals surface area (Å²) in [7, 11) is 0. The van der Waals surface area contributed by atoms with Crippen molar-refractivity contribution in [1.29, 1.82) is 0 Å². The largest absolute Gasteiger partial charge is 0.480 e. The normalized spacial score (nSPS) is 14.4. The van der Waals surface area contributed by atoms with Crippen molar-refractivity contribution >= 4 is 5.97 Å². The van der Waals surface area contributed by atoms with Crippen molar-refractivity contribution in [2.45, 2.75) is 65.0 Å². The Labute approximate surface area is 121 Å². The molecule has 0 aliphatic heterocycles. The van der Waals surface area contributed by atoms with Crippen LogP contribution in [0.25, 0.3) is 0 Å². The van der Waals surface area contributed by atoms with Crippen LogP contribution in [0, 0.1) is 0 Å². The van der Waals surface area contributed by atoms with Crippen LogP contribution in [0.2, 0.25) is 0 Å². The molecule has 0 saturated carbocycles. The van der Waals surface area contributed by atoms with Gasteiger partial charge >= 0.3 is 5.97 Å².